The zero-order chi connectivity index (χ0) is 17.1. The van der Waals surface area contributed by atoms with Crippen molar-refractivity contribution in [1.82, 2.24) is 0 Å². The van der Waals surface area contributed by atoms with E-state index in [1.54, 1.807) is 13.0 Å². The van der Waals surface area contributed by atoms with Crippen LogP contribution in [0.25, 0.3) is 0 Å². The van der Waals surface area contributed by atoms with Crippen molar-refractivity contribution in [3.05, 3.63) is 24.3 Å². The van der Waals surface area contributed by atoms with Gasteiger partial charge in [-0.1, -0.05) is 12.2 Å². The number of methoxy groups -OCH3 is 1. The lowest BCUT2D eigenvalue weighted by molar-refractivity contribution is -0.158. The average molecular weight is 318 g/mol. The number of aliphatic hydroxyl groups is 4. The van der Waals surface area contributed by atoms with E-state index in [-0.39, 0.29) is 0 Å². The zero-order valence-corrected chi connectivity index (χ0v) is 12.5. The molecule has 8 heteroatoms. The summed E-state index contributed by atoms with van der Waals surface area (Å²) in [7, 11) is 1.08. The van der Waals surface area contributed by atoms with E-state index in [1.807, 2.05) is 0 Å². The number of ether oxygens (including phenoxy) is 2. The number of carbonyl (C=O) groups excluding carboxylic acids is 2. The second kappa shape index (κ2) is 10.9. The van der Waals surface area contributed by atoms with Crippen LogP contribution in [0.3, 0.4) is 0 Å². The molecule has 0 aromatic rings. The highest BCUT2D eigenvalue weighted by molar-refractivity contribution is 5.82. The lowest BCUT2D eigenvalue weighted by Gasteiger charge is -2.18. The van der Waals surface area contributed by atoms with Gasteiger partial charge in [0.1, 0.15) is 12.2 Å². The van der Waals surface area contributed by atoms with Crippen LogP contribution in [-0.4, -0.2) is 71.0 Å². The van der Waals surface area contributed by atoms with E-state index in [0.29, 0.717) is 0 Å². The molecule has 4 N–H and O–H groups in total. The standard InChI is InChI=1S/C14H22O8/c1-3-4-10(16)11(17)5-6-12(18)22-8-9(7-15)13(19)14(20)21-2/h3-6,9-11,13,15-17,19H,7-8H2,1-2H3. The monoisotopic (exact) mass is 318 g/mol. The Kier molecular flexibility index (Phi) is 10.0. The van der Waals surface area contributed by atoms with Crippen molar-refractivity contribution in [2.24, 2.45) is 5.92 Å². The normalized spacial score (nSPS) is 17.2. The smallest absolute Gasteiger partial charge is 0.335 e. The van der Waals surface area contributed by atoms with Gasteiger partial charge in [0.2, 0.25) is 0 Å². The number of hydrogen-bond acceptors (Lipinski definition) is 8. The molecule has 0 aliphatic heterocycles. The van der Waals surface area contributed by atoms with Gasteiger partial charge in [-0.3, -0.25) is 0 Å². The van der Waals surface area contributed by atoms with Crippen LogP contribution < -0.4 is 0 Å². The topological polar surface area (TPSA) is 134 Å². The minimum absolute atomic E-state index is 0.413. The lowest BCUT2D eigenvalue weighted by Crippen LogP contribution is -2.36. The van der Waals surface area contributed by atoms with E-state index >= 15 is 0 Å². The largest absolute Gasteiger partial charge is 0.467 e. The predicted octanol–water partition coefficient (Wildman–Crippen LogP) is -1.47. The summed E-state index contributed by atoms with van der Waals surface area (Å²) in [4.78, 5) is 22.5. The minimum atomic E-state index is -1.62. The third-order valence-electron chi connectivity index (χ3n) is 2.73. The van der Waals surface area contributed by atoms with Crippen molar-refractivity contribution in [2.75, 3.05) is 20.3 Å². The van der Waals surface area contributed by atoms with Crippen LogP contribution in [0.4, 0.5) is 0 Å². The fraction of sp³-hybridized carbons (Fsp3) is 0.571. The fourth-order valence-corrected chi connectivity index (χ4v) is 1.40. The molecule has 0 bridgehead atoms. The van der Waals surface area contributed by atoms with Crippen molar-refractivity contribution < 1.29 is 39.5 Å². The van der Waals surface area contributed by atoms with E-state index in [9.17, 15) is 24.9 Å². The molecule has 0 spiro atoms. The minimum Gasteiger partial charge on any atom is -0.467 e. The van der Waals surface area contributed by atoms with E-state index in [0.717, 1.165) is 19.3 Å². The number of carbonyl (C=O) groups is 2. The van der Waals surface area contributed by atoms with E-state index in [1.165, 1.54) is 6.08 Å². The van der Waals surface area contributed by atoms with Gasteiger partial charge in [0.15, 0.2) is 6.10 Å². The highest BCUT2D eigenvalue weighted by atomic mass is 16.5. The second-order valence-corrected chi connectivity index (χ2v) is 4.41. The molecule has 0 aliphatic rings. The quantitative estimate of drug-likeness (QED) is 0.230. The molecule has 0 radical (unpaired) electrons. The first-order valence-corrected chi connectivity index (χ1v) is 6.58. The van der Waals surface area contributed by atoms with Gasteiger partial charge < -0.3 is 29.9 Å². The van der Waals surface area contributed by atoms with Crippen LogP contribution in [0.2, 0.25) is 0 Å². The first kappa shape index (κ1) is 20.3. The molecule has 0 amide bonds. The molecule has 4 unspecified atom stereocenters. The average Bonchev–Trinajstić information content (AvgIpc) is 2.52. The summed E-state index contributed by atoms with van der Waals surface area (Å²) in [6.45, 7) is 0.662. The molecular formula is C14H22O8. The Hall–Kier alpha value is -1.74. The molecule has 0 heterocycles. The number of hydrogen-bond donors (Lipinski definition) is 4. The van der Waals surface area contributed by atoms with Gasteiger partial charge in [0.05, 0.1) is 26.2 Å². The summed E-state index contributed by atoms with van der Waals surface area (Å²) < 4.78 is 9.04. The van der Waals surface area contributed by atoms with Gasteiger partial charge in [-0.05, 0) is 13.0 Å². The summed E-state index contributed by atoms with van der Waals surface area (Å²) >= 11 is 0. The maximum absolute atomic E-state index is 11.4. The maximum atomic E-state index is 11.4. The number of rotatable bonds is 9. The summed E-state index contributed by atoms with van der Waals surface area (Å²) in [5.41, 5.74) is 0. The van der Waals surface area contributed by atoms with Crippen LogP contribution in [0.1, 0.15) is 6.92 Å². The van der Waals surface area contributed by atoms with E-state index in [2.05, 4.69) is 4.74 Å². The Morgan fingerprint density at radius 2 is 1.73 bits per heavy atom. The second-order valence-electron chi connectivity index (χ2n) is 4.41. The van der Waals surface area contributed by atoms with E-state index < -0.39 is 49.4 Å². The highest BCUT2D eigenvalue weighted by Crippen LogP contribution is 2.06. The SMILES string of the molecule is CC=CC(O)C(O)C=CC(=O)OCC(CO)C(O)C(=O)OC. The summed E-state index contributed by atoms with van der Waals surface area (Å²) in [5, 5.41) is 37.4. The van der Waals surface area contributed by atoms with Gasteiger partial charge in [0.25, 0.3) is 0 Å². The van der Waals surface area contributed by atoms with Crippen LogP contribution >= 0.6 is 0 Å². The van der Waals surface area contributed by atoms with Gasteiger partial charge >= 0.3 is 11.9 Å². The molecule has 126 valence electrons. The third kappa shape index (κ3) is 7.32. The molecule has 0 aromatic heterocycles. The van der Waals surface area contributed by atoms with Crippen molar-refractivity contribution in [3.8, 4) is 0 Å². The molecule has 0 aromatic carbocycles. The summed E-state index contributed by atoms with van der Waals surface area (Å²) in [6.07, 6.45) is 0.774. The van der Waals surface area contributed by atoms with Crippen molar-refractivity contribution in [1.29, 1.82) is 0 Å². The van der Waals surface area contributed by atoms with Gasteiger partial charge in [0, 0.05) is 6.08 Å². The van der Waals surface area contributed by atoms with Crippen LogP contribution in [-0.2, 0) is 19.1 Å². The molecule has 4 atom stereocenters. The van der Waals surface area contributed by atoms with Gasteiger partial charge in [-0.2, -0.15) is 0 Å². The molecule has 22 heavy (non-hydrogen) atoms. The fourth-order valence-electron chi connectivity index (χ4n) is 1.40. The van der Waals surface area contributed by atoms with Crippen LogP contribution in [0.5, 0.6) is 0 Å². The maximum Gasteiger partial charge on any atom is 0.335 e. The van der Waals surface area contributed by atoms with Crippen molar-refractivity contribution >= 4 is 11.9 Å². The molecule has 0 saturated heterocycles. The van der Waals surface area contributed by atoms with Crippen LogP contribution in [0.15, 0.2) is 24.3 Å². The Bertz CT molecular complexity index is 404. The number of esters is 2. The molecule has 0 fully saturated rings. The van der Waals surface area contributed by atoms with Crippen molar-refractivity contribution in [3.63, 3.8) is 0 Å². The third-order valence-corrected chi connectivity index (χ3v) is 2.73. The Morgan fingerprint density at radius 3 is 2.23 bits per heavy atom. The van der Waals surface area contributed by atoms with Crippen LogP contribution in [0, 0.1) is 5.92 Å². The lowest BCUT2D eigenvalue weighted by atomic mass is 10.1. The van der Waals surface area contributed by atoms with E-state index in [4.69, 9.17) is 9.84 Å². The Balaban J connectivity index is 4.39. The Labute approximate surface area is 128 Å². The zero-order valence-electron chi connectivity index (χ0n) is 12.5. The number of allylic oxidation sites excluding steroid dienone is 1. The molecule has 0 aliphatic carbocycles. The van der Waals surface area contributed by atoms with Gasteiger partial charge in [-0.15, -0.1) is 0 Å². The summed E-state index contributed by atoms with van der Waals surface area (Å²) in [6, 6.07) is 0. The highest BCUT2D eigenvalue weighted by Gasteiger charge is 2.27. The molecule has 8 nitrogen and oxygen atoms in total. The predicted molar refractivity (Wildman–Crippen MR) is 75.5 cm³/mol. The number of aliphatic hydroxyl groups excluding tert-OH is 4. The molecular weight excluding hydrogens is 296 g/mol. The molecule has 0 rings (SSSR count). The molecule has 0 saturated carbocycles. The Morgan fingerprint density at radius 1 is 1.14 bits per heavy atom. The van der Waals surface area contributed by atoms with Crippen molar-refractivity contribution in [2.45, 2.75) is 25.2 Å². The van der Waals surface area contributed by atoms with Gasteiger partial charge in [-0.25, -0.2) is 9.59 Å². The first-order valence-electron chi connectivity index (χ1n) is 6.58. The first-order chi connectivity index (χ1) is 10.4. The summed E-state index contributed by atoms with van der Waals surface area (Å²) in [5.74, 6) is -2.83.